The van der Waals surface area contributed by atoms with E-state index in [1.165, 1.54) is 31.2 Å². The lowest BCUT2D eigenvalue weighted by Crippen LogP contribution is -2.50. The van der Waals surface area contributed by atoms with E-state index in [9.17, 15) is 14.4 Å². The monoisotopic (exact) mass is 505 g/mol. The molecule has 3 amide bonds. The lowest BCUT2D eigenvalue weighted by Gasteiger charge is -2.22. The van der Waals surface area contributed by atoms with E-state index in [4.69, 9.17) is 10.9 Å². The van der Waals surface area contributed by atoms with Crippen LogP contribution in [-0.2, 0) is 9.59 Å². The quantitative estimate of drug-likeness (QED) is 0.184. The van der Waals surface area contributed by atoms with Gasteiger partial charge >= 0.3 is 0 Å². The van der Waals surface area contributed by atoms with E-state index < -0.39 is 17.9 Å². The molecule has 2 aromatic carbocycles. The summed E-state index contributed by atoms with van der Waals surface area (Å²) in [6.45, 7) is 0.174. The minimum atomic E-state index is -1.03. The van der Waals surface area contributed by atoms with E-state index in [0.29, 0.717) is 23.7 Å². The van der Waals surface area contributed by atoms with Gasteiger partial charge in [-0.25, -0.2) is 5.48 Å². The maximum Gasteiger partial charge on any atom is 0.267 e. The summed E-state index contributed by atoms with van der Waals surface area (Å²) in [7, 11) is 0. The van der Waals surface area contributed by atoms with Gasteiger partial charge in [-0.3, -0.25) is 19.6 Å². The van der Waals surface area contributed by atoms with Crippen LogP contribution >= 0.6 is 0 Å². The van der Waals surface area contributed by atoms with Crippen molar-refractivity contribution in [1.29, 1.82) is 0 Å². The summed E-state index contributed by atoms with van der Waals surface area (Å²) in [4.78, 5) is 36.0. The first kappa shape index (κ1) is 27.9. The molecule has 0 spiro atoms. The Bertz CT molecular complexity index is 1150. The predicted octanol–water partition coefficient (Wildman–Crippen LogP) is 2.00. The van der Waals surface area contributed by atoms with Crippen molar-refractivity contribution in [3.8, 4) is 11.8 Å². The summed E-state index contributed by atoms with van der Waals surface area (Å²) in [5.74, 6) is 6.35. The number of carbonyl (C=O) groups excluding carboxylic acids is 3. The number of fused-ring (bicyclic) bond motifs is 2. The van der Waals surface area contributed by atoms with Gasteiger partial charge in [-0.1, -0.05) is 25.7 Å². The van der Waals surface area contributed by atoms with Gasteiger partial charge in [0.2, 0.25) is 5.91 Å². The van der Waals surface area contributed by atoms with Gasteiger partial charge in [0, 0.05) is 35.0 Å². The summed E-state index contributed by atoms with van der Waals surface area (Å²) in [5, 5.41) is 17.5. The molecular formula is C28H35N5O4. The molecule has 0 aromatic heterocycles. The highest BCUT2D eigenvalue weighted by Gasteiger charge is 2.39. The van der Waals surface area contributed by atoms with Crippen molar-refractivity contribution in [1.82, 2.24) is 16.1 Å². The number of nitrogens with one attached hydrogen (secondary N) is 4. The van der Waals surface area contributed by atoms with Crippen molar-refractivity contribution in [3.05, 3.63) is 65.2 Å². The molecule has 0 unspecified atom stereocenters. The van der Waals surface area contributed by atoms with Crippen LogP contribution < -0.4 is 27.2 Å². The third kappa shape index (κ3) is 7.40. The maximum absolute atomic E-state index is 12.3. The molecule has 4 atom stereocenters. The summed E-state index contributed by atoms with van der Waals surface area (Å²) in [6.07, 6.45) is 5.13. The minimum Gasteiger partial charge on any atom is -0.339 e. The number of hydrogen-bond donors (Lipinski definition) is 6. The maximum atomic E-state index is 12.3. The molecule has 2 aliphatic rings. The van der Waals surface area contributed by atoms with Gasteiger partial charge in [0.1, 0.15) is 6.04 Å². The molecule has 196 valence electrons. The Hall–Kier alpha value is -3.71. The van der Waals surface area contributed by atoms with Gasteiger partial charge in [0.15, 0.2) is 0 Å². The molecule has 9 heteroatoms. The molecule has 2 bridgehead atoms. The minimum absolute atomic E-state index is 0. The standard InChI is InChI=1S/C27H31N5O4.CH4/c28-15-24(27(35)32-36)31-26(34)20-8-3-17(4-9-20)1-2-18-6-11-22(12-7-18)30-25(33)16-29-23-14-19-5-10-21(23)13-19;/h3-4,6-9,11-12,19,21,23-24,29,36H,5,10,13-16,28H2,(H,30,33)(H,31,34)(H,32,35);1H4/t19-,21+,23+,24-;/m0./s1. The second-order valence-electron chi connectivity index (χ2n) is 9.35. The summed E-state index contributed by atoms with van der Waals surface area (Å²) in [6, 6.07) is 13.3. The zero-order valence-electron chi connectivity index (χ0n) is 19.9. The van der Waals surface area contributed by atoms with Gasteiger partial charge in [-0.15, -0.1) is 0 Å². The Morgan fingerprint density at radius 3 is 2.16 bits per heavy atom. The van der Waals surface area contributed by atoms with E-state index >= 15 is 0 Å². The lowest BCUT2D eigenvalue weighted by atomic mass is 9.95. The van der Waals surface area contributed by atoms with Crippen molar-refractivity contribution in [2.75, 3.05) is 18.4 Å². The number of anilines is 1. The first-order valence-corrected chi connectivity index (χ1v) is 12.2. The number of benzene rings is 2. The molecule has 0 aliphatic heterocycles. The van der Waals surface area contributed by atoms with Gasteiger partial charge in [-0.05, 0) is 79.6 Å². The average molecular weight is 506 g/mol. The largest absolute Gasteiger partial charge is 0.339 e. The van der Waals surface area contributed by atoms with Crippen LogP contribution in [0.25, 0.3) is 0 Å². The summed E-state index contributed by atoms with van der Waals surface area (Å²) >= 11 is 0. The van der Waals surface area contributed by atoms with E-state index in [-0.39, 0.29) is 19.9 Å². The zero-order valence-corrected chi connectivity index (χ0v) is 19.9. The highest BCUT2D eigenvalue weighted by Crippen LogP contribution is 2.44. The Labute approximate surface area is 217 Å². The normalized spacial score (nSPS) is 20.1. The average Bonchev–Trinajstić information content (AvgIpc) is 3.53. The van der Waals surface area contributed by atoms with E-state index in [1.54, 1.807) is 24.3 Å². The second-order valence-corrected chi connectivity index (χ2v) is 9.35. The number of amides is 3. The molecule has 2 saturated carbocycles. The Kier molecular flexibility index (Phi) is 9.80. The lowest BCUT2D eigenvalue weighted by molar-refractivity contribution is -0.130. The van der Waals surface area contributed by atoms with Crippen LogP contribution in [-0.4, -0.2) is 48.1 Å². The number of hydrogen-bond acceptors (Lipinski definition) is 6. The second kappa shape index (κ2) is 13.0. The molecule has 2 aromatic rings. The van der Waals surface area contributed by atoms with Gasteiger partial charge in [0.25, 0.3) is 11.8 Å². The van der Waals surface area contributed by atoms with Gasteiger partial charge < -0.3 is 21.7 Å². The highest BCUT2D eigenvalue weighted by atomic mass is 16.5. The van der Waals surface area contributed by atoms with Crippen molar-refractivity contribution in [2.24, 2.45) is 17.6 Å². The molecule has 4 rings (SSSR count). The van der Waals surface area contributed by atoms with Gasteiger partial charge in [0.05, 0.1) is 6.54 Å². The smallest absolute Gasteiger partial charge is 0.267 e. The van der Waals surface area contributed by atoms with Crippen LogP contribution in [0.2, 0.25) is 0 Å². The highest BCUT2D eigenvalue weighted by molar-refractivity contribution is 5.97. The molecule has 7 N–H and O–H groups in total. The molecule has 2 fully saturated rings. The fourth-order valence-electron chi connectivity index (χ4n) is 4.96. The van der Waals surface area contributed by atoms with Crippen LogP contribution in [0.1, 0.15) is 54.6 Å². The molecular weight excluding hydrogens is 470 g/mol. The Morgan fingerprint density at radius 2 is 1.62 bits per heavy atom. The van der Waals surface area contributed by atoms with E-state index in [1.807, 2.05) is 24.3 Å². The molecule has 2 aliphatic carbocycles. The van der Waals surface area contributed by atoms with Crippen molar-refractivity contribution in [2.45, 2.75) is 45.2 Å². The van der Waals surface area contributed by atoms with E-state index in [2.05, 4.69) is 27.8 Å². The Morgan fingerprint density at radius 1 is 0.973 bits per heavy atom. The fraction of sp³-hybridized carbons (Fsp3) is 0.393. The van der Waals surface area contributed by atoms with Crippen LogP contribution in [0.15, 0.2) is 48.5 Å². The summed E-state index contributed by atoms with van der Waals surface area (Å²) < 4.78 is 0. The predicted molar refractivity (Wildman–Crippen MR) is 142 cm³/mol. The number of hydroxylamine groups is 1. The third-order valence-electron chi connectivity index (χ3n) is 6.90. The zero-order chi connectivity index (χ0) is 25.5. The van der Waals surface area contributed by atoms with Crippen LogP contribution in [0.3, 0.4) is 0 Å². The first-order valence-electron chi connectivity index (χ1n) is 12.2. The molecule has 0 saturated heterocycles. The third-order valence-corrected chi connectivity index (χ3v) is 6.90. The Balaban J connectivity index is 0.00000380. The number of rotatable bonds is 8. The molecule has 9 nitrogen and oxygen atoms in total. The van der Waals surface area contributed by atoms with Crippen molar-refractivity contribution >= 4 is 23.4 Å². The van der Waals surface area contributed by atoms with Crippen LogP contribution in [0, 0.1) is 23.7 Å². The van der Waals surface area contributed by atoms with Crippen molar-refractivity contribution < 1.29 is 19.6 Å². The SMILES string of the molecule is C.NC[C@H](NC(=O)c1ccc(C#Cc2ccc(NC(=O)CN[C@@H]3C[C@H]4CC[C@@H]3C4)cc2)cc1)C(=O)NO. The number of nitrogens with two attached hydrogens (primary N) is 1. The fourth-order valence-corrected chi connectivity index (χ4v) is 4.96. The van der Waals surface area contributed by atoms with Crippen LogP contribution in [0.4, 0.5) is 5.69 Å². The first-order chi connectivity index (χ1) is 17.4. The molecule has 0 heterocycles. The van der Waals surface area contributed by atoms with Crippen LogP contribution in [0.5, 0.6) is 0 Å². The number of carbonyl (C=O) groups is 3. The summed E-state index contributed by atoms with van der Waals surface area (Å²) in [5.41, 5.74) is 9.47. The topological polar surface area (TPSA) is 146 Å². The molecule has 37 heavy (non-hydrogen) atoms. The van der Waals surface area contributed by atoms with E-state index in [0.717, 1.165) is 23.1 Å². The molecule has 0 radical (unpaired) electrons. The van der Waals surface area contributed by atoms with Gasteiger partial charge in [-0.2, -0.15) is 0 Å². The van der Waals surface area contributed by atoms with Crippen molar-refractivity contribution in [3.63, 3.8) is 0 Å².